The zero-order valence-electron chi connectivity index (χ0n) is 18.8. The predicted octanol–water partition coefficient (Wildman–Crippen LogP) is 4.10. The minimum atomic E-state index is -2.82. The molecule has 1 N–H and O–H groups in total. The molecular formula is C25H33F2N3O2. The zero-order chi connectivity index (χ0) is 22.9. The fourth-order valence-corrected chi connectivity index (χ4v) is 4.28. The first-order chi connectivity index (χ1) is 15.5. The summed E-state index contributed by atoms with van der Waals surface area (Å²) in [6, 6.07) is 17.8. The molecule has 0 saturated carbocycles. The summed E-state index contributed by atoms with van der Waals surface area (Å²) in [5, 5.41) is 2.98. The summed E-state index contributed by atoms with van der Waals surface area (Å²) in [4.78, 5) is 17.2. The Morgan fingerprint density at radius 1 is 1.19 bits per heavy atom. The average Bonchev–Trinajstić information content (AvgIpc) is 3.28. The molecule has 0 unspecified atom stereocenters. The molecule has 2 aromatic rings. The SMILES string of the molecule is CCN(CC(=O)NCCc1ccc(OC(F)F)cc1)[C@H]1CCN([C@H](C)c2ccccc2)C1. The van der Waals surface area contributed by atoms with E-state index in [0.29, 0.717) is 31.6 Å². The quantitative estimate of drug-likeness (QED) is 0.566. The topological polar surface area (TPSA) is 44.8 Å². The third-order valence-corrected chi connectivity index (χ3v) is 6.18. The molecule has 2 aromatic carbocycles. The number of carbonyl (C=O) groups is 1. The van der Waals surface area contributed by atoms with Gasteiger partial charge in [0.2, 0.25) is 5.91 Å². The molecule has 174 valence electrons. The highest BCUT2D eigenvalue weighted by atomic mass is 19.3. The molecule has 2 atom stereocenters. The molecule has 1 amide bonds. The van der Waals surface area contributed by atoms with E-state index in [1.807, 2.05) is 6.07 Å². The van der Waals surface area contributed by atoms with Crippen LogP contribution in [0.2, 0.25) is 0 Å². The van der Waals surface area contributed by atoms with Gasteiger partial charge in [0.25, 0.3) is 0 Å². The molecule has 0 spiro atoms. The number of nitrogens with zero attached hydrogens (tertiary/aromatic N) is 2. The Hall–Kier alpha value is -2.51. The third kappa shape index (κ3) is 7.00. The first kappa shape index (κ1) is 24.1. The van der Waals surface area contributed by atoms with E-state index in [-0.39, 0.29) is 11.7 Å². The van der Waals surface area contributed by atoms with Crippen molar-refractivity contribution in [1.82, 2.24) is 15.1 Å². The normalized spacial score (nSPS) is 17.6. The number of likely N-dealkylation sites (tertiary alicyclic amines) is 1. The third-order valence-electron chi connectivity index (χ3n) is 6.18. The molecule has 1 saturated heterocycles. The van der Waals surface area contributed by atoms with Crippen molar-refractivity contribution >= 4 is 5.91 Å². The fourth-order valence-electron chi connectivity index (χ4n) is 4.28. The molecule has 5 nitrogen and oxygen atoms in total. The zero-order valence-corrected chi connectivity index (χ0v) is 18.8. The Morgan fingerprint density at radius 3 is 2.56 bits per heavy atom. The van der Waals surface area contributed by atoms with E-state index in [1.54, 1.807) is 12.1 Å². The molecule has 1 heterocycles. The predicted molar refractivity (Wildman–Crippen MR) is 122 cm³/mol. The summed E-state index contributed by atoms with van der Waals surface area (Å²) in [6.07, 6.45) is 1.70. The van der Waals surface area contributed by atoms with Gasteiger partial charge in [0.1, 0.15) is 5.75 Å². The average molecular weight is 446 g/mol. The van der Waals surface area contributed by atoms with Crippen molar-refractivity contribution in [3.63, 3.8) is 0 Å². The van der Waals surface area contributed by atoms with E-state index < -0.39 is 6.61 Å². The number of hydrogen-bond donors (Lipinski definition) is 1. The number of benzene rings is 2. The van der Waals surface area contributed by atoms with Gasteiger partial charge in [0, 0.05) is 31.7 Å². The summed E-state index contributed by atoms with van der Waals surface area (Å²) in [5.41, 5.74) is 2.28. The molecule has 0 aromatic heterocycles. The minimum Gasteiger partial charge on any atom is -0.435 e. The Kier molecular flexibility index (Phi) is 9.00. The van der Waals surface area contributed by atoms with E-state index in [9.17, 15) is 13.6 Å². The Balaban J connectivity index is 1.42. The van der Waals surface area contributed by atoms with Crippen LogP contribution >= 0.6 is 0 Å². The van der Waals surface area contributed by atoms with Crippen LogP contribution in [0.15, 0.2) is 54.6 Å². The van der Waals surface area contributed by atoms with Crippen LogP contribution in [0.3, 0.4) is 0 Å². The standard InChI is InChI=1S/C25H33F2N3O2/c1-3-29(22-14-16-30(17-22)19(2)21-7-5-4-6-8-21)18-24(31)28-15-13-20-9-11-23(12-10-20)32-25(26)27/h4-12,19,22,25H,3,13-18H2,1-2H3,(H,28,31)/t19-,22+/m1/s1. The molecule has 7 heteroatoms. The first-order valence-electron chi connectivity index (χ1n) is 11.3. The van der Waals surface area contributed by atoms with E-state index in [0.717, 1.165) is 31.6 Å². The van der Waals surface area contributed by atoms with Crippen LogP contribution in [-0.2, 0) is 11.2 Å². The van der Waals surface area contributed by atoms with Gasteiger partial charge in [0.05, 0.1) is 6.54 Å². The van der Waals surface area contributed by atoms with Gasteiger partial charge in [-0.25, -0.2) is 0 Å². The Labute approximate surface area is 189 Å². The fraction of sp³-hybridized carbons (Fsp3) is 0.480. The molecule has 0 radical (unpaired) electrons. The van der Waals surface area contributed by atoms with Gasteiger partial charge in [0.15, 0.2) is 0 Å². The van der Waals surface area contributed by atoms with Gasteiger partial charge in [-0.15, -0.1) is 0 Å². The van der Waals surface area contributed by atoms with Crippen molar-refractivity contribution in [2.45, 2.75) is 45.4 Å². The number of halogens is 2. The lowest BCUT2D eigenvalue weighted by molar-refractivity contribution is -0.122. The largest absolute Gasteiger partial charge is 0.435 e. The Morgan fingerprint density at radius 2 is 1.91 bits per heavy atom. The lowest BCUT2D eigenvalue weighted by Gasteiger charge is -2.29. The summed E-state index contributed by atoms with van der Waals surface area (Å²) >= 11 is 0. The van der Waals surface area contributed by atoms with Crippen LogP contribution in [0.4, 0.5) is 8.78 Å². The van der Waals surface area contributed by atoms with Gasteiger partial charge in [-0.1, -0.05) is 49.4 Å². The second-order valence-electron chi connectivity index (χ2n) is 8.21. The van der Waals surface area contributed by atoms with Crippen molar-refractivity contribution in [3.8, 4) is 5.75 Å². The number of hydrogen-bond acceptors (Lipinski definition) is 4. The second-order valence-corrected chi connectivity index (χ2v) is 8.21. The number of rotatable bonds is 11. The highest BCUT2D eigenvalue weighted by Gasteiger charge is 2.30. The molecule has 1 fully saturated rings. The molecule has 1 aliphatic heterocycles. The highest BCUT2D eigenvalue weighted by Crippen LogP contribution is 2.26. The van der Waals surface area contributed by atoms with Crippen molar-refractivity contribution in [2.24, 2.45) is 0 Å². The first-order valence-corrected chi connectivity index (χ1v) is 11.3. The van der Waals surface area contributed by atoms with Crippen molar-refractivity contribution in [3.05, 3.63) is 65.7 Å². The summed E-state index contributed by atoms with van der Waals surface area (Å²) < 4.78 is 28.8. The number of amides is 1. The van der Waals surface area contributed by atoms with Crippen LogP contribution in [0, 0.1) is 0 Å². The van der Waals surface area contributed by atoms with Crippen molar-refractivity contribution in [2.75, 3.05) is 32.7 Å². The van der Waals surface area contributed by atoms with Gasteiger partial charge >= 0.3 is 6.61 Å². The van der Waals surface area contributed by atoms with E-state index >= 15 is 0 Å². The van der Waals surface area contributed by atoms with Gasteiger partial charge in [-0.05, 0) is 49.6 Å². The number of ether oxygens (including phenoxy) is 1. The van der Waals surface area contributed by atoms with Crippen molar-refractivity contribution in [1.29, 1.82) is 0 Å². The summed E-state index contributed by atoms with van der Waals surface area (Å²) in [7, 11) is 0. The van der Waals surface area contributed by atoms with E-state index in [4.69, 9.17) is 0 Å². The smallest absolute Gasteiger partial charge is 0.387 e. The number of alkyl halides is 2. The van der Waals surface area contributed by atoms with Gasteiger partial charge in [-0.3, -0.25) is 14.6 Å². The van der Waals surface area contributed by atoms with Gasteiger partial charge < -0.3 is 10.1 Å². The lowest BCUT2D eigenvalue weighted by atomic mass is 10.1. The van der Waals surface area contributed by atoms with Crippen molar-refractivity contribution < 1.29 is 18.3 Å². The summed E-state index contributed by atoms with van der Waals surface area (Å²) in [5.74, 6) is 0.151. The highest BCUT2D eigenvalue weighted by molar-refractivity contribution is 5.78. The van der Waals surface area contributed by atoms with Crippen LogP contribution in [0.5, 0.6) is 5.75 Å². The maximum atomic E-state index is 12.5. The van der Waals surface area contributed by atoms with Crippen LogP contribution in [-0.4, -0.2) is 61.1 Å². The van der Waals surface area contributed by atoms with Gasteiger partial charge in [-0.2, -0.15) is 8.78 Å². The van der Waals surface area contributed by atoms with E-state index in [1.165, 1.54) is 17.7 Å². The number of likely N-dealkylation sites (N-methyl/N-ethyl adjacent to an activating group) is 1. The second kappa shape index (κ2) is 11.9. The number of nitrogens with one attached hydrogen (secondary N) is 1. The molecule has 0 bridgehead atoms. The molecular weight excluding hydrogens is 412 g/mol. The lowest BCUT2D eigenvalue weighted by Crippen LogP contribution is -2.44. The molecule has 1 aliphatic rings. The van der Waals surface area contributed by atoms with E-state index in [2.05, 4.69) is 58.0 Å². The van der Waals surface area contributed by atoms with Crippen LogP contribution < -0.4 is 10.1 Å². The van der Waals surface area contributed by atoms with Crippen LogP contribution in [0.1, 0.15) is 37.4 Å². The Bertz CT molecular complexity index is 833. The minimum absolute atomic E-state index is 0.0130. The number of carbonyl (C=O) groups excluding carboxylic acids is 1. The maximum Gasteiger partial charge on any atom is 0.387 e. The monoisotopic (exact) mass is 445 g/mol. The molecule has 3 rings (SSSR count). The van der Waals surface area contributed by atoms with Crippen LogP contribution in [0.25, 0.3) is 0 Å². The molecule has 0 aliphatic carbocycles. The summed E-state index contributed by atoms with van der Waals surface area (Å²) in [6.45, 7) is 5.23. The molecule has 32 heavy (non-hydrogen) atoms. The maximum absolute atomic E-state index is 12.5.